The van der Waals surface area contributed by atoms with Gasteiger partial charge in [-0.05, 0) is 228 Å². The molecule has 672 valence electrons. The van der Waals surface area contributed by atoms with Gasteiger partial charge in [-0.2, -0.15) is 67.3 Å². The van der Waals surface area contributed by atoms with Crippen LogP contribution in [0.15, 0.2) is 233 Å². The van der Waals surface area contributed by atoms with E-state index < -0.39 is 170 Å². The van der Waals surface area contributed by atoms with E-state index in [9.17, 15) is 0 Å². The van der Waals surface area contributed by atoms with Gasteiger partial charge in [-0.15, -0.1) is 0 Å². The summed E-state index contributed by atoms with van der Waals surface area (Å²) in [4.78, 5) is -3.14. The SMILES string of the molecule is Cc1ccc(S(=O)(=O)Oc2cc(OS(=O)(=O)c3ccc(C)cc3)c3cc2[C@@H](C)c2cc(c(OS(=O)(=O)c4c(C)cc(C)cc4C)cc2OS(=O)(=O)c2c(C)cc(C)cc2C)[C@@H](C)c2cc(c(OS(=O)(=O)c4ccc(C)cc4)cc2OS(=O)(=O)c2ccc(C)cc2)[C@@H](C)c2cc(c(OS(=O)(=O)c4c(C)cc(C)cc4C)cc2OS(=O)(=O)c2c(C)cc(C)cc2C)[C@H]3C)cc1. The minimum Gasteiger partial charge on any atom is -0.379 e. The van der Waals surface area contributed by atoms with Gasteiger partial charge in [0.25, 0.3) is 0 Å². The van der Waals surface area contributed by atoms with Crippen LogP contribution in [-0.2, 0) is 80.9 Å². The van der Waals surface area contributed by atoms with Gasteiger partial charge in [-0.3, -0.25) is 0 Å². The van der Waals surface area contributed by atoms with Crippen molar-refractivity contribution < 1.29 is 101 Å². The standard InChI is InChI=1S/C96H96O24S8/c1-53-21-29-73(30-22-53)121(97,98)113-85-49-86(114-122(99,100)74-31-23-54(2)24-32-74)78-45-77(85)69(17)81-47-82(90(118-126(107,108)94-63(11)39-58(6)40-64(94)12)51-89(81)117-125(105,106)93-61(9)37-57(5)38-62(93)10)71(19)79-46-80(88(116-124(103,104)76-35-27-56(4)28-36-76)50-87(79)115-123(101,102)75-33-25-55(3)26-34-75)72(20)84-48-83(70(78)18)91(119-127(109,110)95-65(13)41-59(7)42-66(95)14)52-92(84)120-128(111,112)96-67(15)43-60(8)44-68(96)16/h21-52,69-72H,1-20H3/t69-,70+,71+,72-. The van der Waals surface area contributed by atoms with Crippen molar-refractivity contribution in [2.24, 2.45) is 0 Å². The maximum absolute atomic E-state index is 15.8. The average Bonchev–Trinajstić information content (AvgIpc) is 0.735. The van der Waals surface area contributed by atoms with E-state index in [4.69, 9.17) is 33.5 Å². The topological polar surface area (TPSA) is 347 Å². The van der Waals surface area contributed by atoms with Gasteiger partial charge in [-0.1, -0.05) is 169 Å². The molecule has 128 heavy (non-hydrogen) atoms. The first-order chi connectivity index (χ1) is 59.5. The summed E-state index contributed by atoms with van der Waals surface area (Å²) in [6.07, 6.45) is 0. The summed E-state index contributed by atoms with van der Waals surface area (Å²) in [5.41, 5.74) is 4.21. The molecule has 0 fully saturated rings. The van der Waals surface area contributed by atoms with E-state index in [1.807, 2.05) is 0 Å². The molecule has 12 aromatic rings. The quantitative estimate of drug-likeness (QED) is 0.0507. The minimum atomic E-state index is -5.21. The van der Waals surface area contributed by atoms with E-state index in [0.717, 1.165) is 24.3 Å². The van der Waals surface area contributed by atoms with Crippen molar-refractivity contribution in [1.29, 1.82) is 0 Å². The Hall–Kier alpha value is -11.4. The average molecular weight is 1890 g/mol. The van der Waals surface area contributed by atoms with E-state index in [2.05, 4.69) is 0 Å². The Morgan fingerprint density at radius 1 is 0.164 bits per heavy atom. The molecular formula is C96H96O24S8. The van der Waals surface area contributed by atoms with Crippen LogP contribution in [0.25, 0.3) is 0 Å². The molecule has 13 rings (SSSR count). The summed E-state index contributed by atoms with van der Waals surface area (Å²) < 4.78 is 301. The van der Waals surface area contributed by atoms with Gasteiger partial charge in [0.1, 0.15) is 39.2 Å². The summed E-state index contributed by atoms with van der Waals surface area (Å²) in [5.74, 6) is -12.4. The highest BCUT2D eigenvalue weighted by molar-refractivity contribution is 7.89. The van der Waals surface area contributed by atoms with Gasteiger partial charge < -0.3 is 33.5 Å². The second-order valence-electron chi connectivity index (χ2n) is 33.1. The van der Waals surface area contributed by atoms with Gasteiger partial charge in [0.15, 0.2) is 46.0 Å². The zero-order chi connectivity index (χ0) is 93.7. The highest BCUT2D eigenvalue weighted by atomic mass is 32.3. The number of hydrogen-bond acceptors (Lipinski definition) is 24. The third-order valence-corrected chi connectivity index (χ3v) is 33.7. The molecular weight excluding hydrogens is 1790 g/mol. The van der Waals surface area contributed by atoms with Crippen molar-refractivity contribution in [3.8, 4) is 46.0 Å². The number of benzene rings is 12. The van der Waals surface area contributed by atoms with E-state index in [1.165, 1.54) is 204 Å². The first-order valence-electron chi connectivity index (χ1n) is 40.4. The van der Waals surface area contributed by atoms with Crippen LogP contribution >= 0.6 is 0 Å². The molecule has 0 aromatic heterocycles. The van der Waals surface area contributed by atoms with E-state index in [1.54, 1.807) is 104 Å². The Labute approximate surface area is 750 Å². The van der Waals surface area contributed by atoms with Crippen LogP contribution in [0, 0.1) is 111 Å². The van der Waals surface area contributed by atoms with Crippen molar-refractivity contribution in [2.45, 2.75) is 201 Å². The lowest BCUT2D eigenvalue weighted by molar-refractivity contribution is 0.465. The fourth-order valence-corrected chi connectivity index (χ4v) is 26.0. The van der Waals surface area contributed by atoms with Crippen LogP contribution in [-0.4, -0.2) is 67.3 Å². The lowest BCUT2D eigenvalue weighted by atomic mass is 9.81. The van der Waals surface area contributed by atoms with Gasteiger partial charge in [0.05, 0.1) is 0 Å². The lowest BCUT2D eigenvalue weighted by Crippen LogP contribution is -2.20. The van der Waals surface area contributed by atoms with Crippen molar-refractivity contribution in [3.63, 3.8) is 0 Å². The monoisotopic (exact) mass is 1890 g/mol. The van der Waals surface area contributed by atoms with Crippen LogP contribution < -0.4 is 33.5 Å². The first kappa shape index (κ1) is 94.3. The second kappa shape index (κ2) is 34.9. The highest BCUT2D eigenvalue weighted by Gasteiger charge is 2.40. The maximum Gasteiger partial charge on any atom is 0.339 e. The Bertz CT molecular complexity index is 6570. The lowest BCUT2D eigenvalue weighted by Gasteiger charge is -2.29. The molecule has 0 spiro atoms. The molecule has 0 heterocycles. The smallest absolute Gasteiger partial charge is 0.339 e. The van der Waals surface area contributed by atoms with Crippen LogP contribution in [0.5, 0.6) is 46.0 Å². The molecule has 0 amide bonds. The molecule has 0 aliphatic heterocycles. The van der Waals surface area contributed by atoms with Crippen molar-refractivity contribution in [2.75, 3.05) is 0 Å². The van der Waals surface area contributed by atoms with Crippen LogP contribution in [0.1, 0.15) is 185 Å². The van der Waals surface area contributed by atoms with Crippen LogP contribution in [0.3, 0.4) is 0 Å². The molecule has 0 unspecified atom stereocenters. The van der Waals surface area contributed by atoms with Crippen molar-refractivity contribution >= 4 is 80.9 Å². The summed E-state index contributed by atoms with van der Waals surface area (Å²) in [7, 11) is -41.4. The molecule has 0 saturated heterocycles. The molecule has 12 aromatic carbocycles. The molecule has 24 nitrogen and oxygen atoms in total. The molecule has 0 saturated carbocycles. The fourth-order valence-electron chi connectivity index (χ4n) is 16.7. The second-order valence-corrected chi connectivity index (χ2v) is 45.2. The molecule has 0 radical (unpaired) electrons. The Morgan fingerprint density at radius 3 is 0.422 bits per heavy atom. The molecule has 0 N–H and O–H groups in total. The summed E-state index contributed by atoms with van der Waals surface area (Å²) in [6.45, 7) is 31.6. The van der Waals surface area contributed by atoms with E-state index in [-0.39, 0.29) is 109 Å². The predicted octanol–water partition coefficient (Wildman–Crippen LogP) is 19.7. The van der Waals surface area contributed by atoms with Crippen molar-refractivity contribution in [1.82, 2.24) is 0 Å². The third-order valence-electron chi connectivity index (χ3n) is 22.6. The van der Waals surface area contributed by atoms with Crippen LogP contribution in [0.4, 0.5) is 0 Å². The molecule has 1 aliphatic carbocycles. The van der Waals surface area contributed by atoms with Gasteiger partial charge in [0.2, 0.25) is 0 Å². The van der Waals surface area contributed by atoms with Gasteiger partial charge in [0, 0.05) is 92.4 Å². The molecule has 1 aliphatic rings. The first-order valence-corrected chi connectivity index (χ1v) is 51.7. The van der Waals surface area contributed by atoms with Gasteiger partial charge in [-0.25, -0.2) is 0 Å². The Morgan fingerprint density at radius 2 is 0.289 bits per heavy atom. The molecule has 4 atom stereocenters. The largest absolute Gasteiger partial charge is 0.379 e. The highest BCUT2D eigenvalue weighted by Crippen LogP contribution is 2.54. The zero-order valence-corrected chi connectivity index (χ0v) is 80.4. The zero-order valence-electron chi connectivity index (χ0n) is 73.8. The third kappa shape index (κ3) is 19.3. The fraction of sp³-hybridized carbons (Fsp3) is 0.250. The van der Waals surface area contributed by atoms with E-state index in [0.29, 0.717) is 44.5 Å². The van der Waals surface area contributed by atoms with Gasteiger partial charge >= 0.3 is 80.9 Å². The summed E-state index contributed by atoms with van der Waals surface area (Å²) in [6, 6.07) is 43.2. The number of hydrogen-bond donors (Lipinski definition) is 0. The van der Waals surface area contributed by atoms with E-state index >= 15 is 67.3 Å². The Kier molecular flexibility index (Phi) is 25.7. The minimum absolute atomic E-state index is 0.193. The number of aryl methyl sites for hydroxylation is 16. The van der Waals surface area contributed by atoms with Crippen LogP contribution in [0.2, 0.25) is 0 Å². The predicted molar refractivity (Wildman–Crippen MR) is 486 cm³/mol. The normalized spacial score (nSPS) is 15.2. The number of rotatable bonds is 24. The summed E-state index contributed by atoms with van der Waals surface area (Å²) >= 11 is 0. The molecule has 32 heteroatoms. The maximum atomic E-state index is 15.8. The summed E-state index contributed by atoms with van der Waals surface area (Å²) in [5, 5.41) is 0. The number of fused-ring (bicyclic) bond motifs is 8. The Balaban J connectivity index is 1.26. The van der Waals surface area contributed by atoms with Crippen molar-refractivity contribution in [3.05, 3.63) is 328 Å². The molecule has 8 bridgehead atoms.